The molecule has 1 aliphatic rings. The maximum absolute atomic E-state index is 12.4. The van der Waals surface area contributed by atoms with Crippen molar-refractivity contribution >= 4 is 18.2 Å². The van der Waals surface area contributed by atoms with Gasteiger partial charge in [0.15, 0.2) is 5.82 Å². The van der Waals surface area contributed by atoms with Gasteiger partial charge in [0.05, 0.1) is 37.9 Å². The number of anilines is 1. The molecule has 36 heavy (non-hydrogen) atoms. The molecule has 1 aromatic heterocycles. The first-order chi connectivity index (χ1) is 17.5. The number of carboxylic acid groups (broad SMARTS) is 1. The summed E-state index contributed by atoms with van der Waals surface area (Å²) in [6.07, 6.45) is 9.98. The van der Waals surface area contributed by atoms with Gasteiger partial charge >= 0.3 is 5.97 Å². The molecule has 8 heteroatoms. The molecule has 0 bridgehead atoms. The number of hydrogen-bond donors (Lipinski definition) is 1. The summed E-state index contributed by atoms with van der Waals surface area (Å²) in [5.74, 6) is 1.42. The van der Waals surface area contributed by atoms with E-state index in [1.165, 1.54) is 37.0 Å². The van der Waals surface area contributed by atoms with Crippen LogP contribution in [0.5, 0.6) is 11.5 Å². The van der Waals surface area contributed by atoms with Gasteiger partial charge in [-0.3, -0.25) is 19.2 Å². The molecule has 8 nitrogen and oxygen atoms in total. The molecule has 1 atom stereocenters. The third-order valence-corrected chi connectivity index (χ3v) is 7.51. The summed E-state index contributed by atoms with van der Waals surface area (Å²) < 4.78 is 13.3. The molecule has 1 heterocycles. The highest BCUT2D eigenvalue weighted by atomic mass is 16.5. The summed E-state index contributed by atoms with van der Waals surface area (Å²) in [6.45, 7) is 4.21. The smallest absolute Gasteiger partial charge is 0.305 e. The fourth-order valence-electron chi connectivity index (χ4n) is 5.48. The van der Waals surface area contributed by atoms with Crippen LogP contribution >= 0.6 is 0 Å². The van der Waals surface area contributed by atoms with Gasteiger partial charge in [-0.2, -0.15) is 5.10 Å². The van der Waals surface area contributed by atoms with Crippen molar-refractivity contribution in [1.29, 1.82) is 0 Å². The van der Waals surface area contributed by atoms with E-state index in [9.17, 15) is 14.7 Å². The first-order valence-corrected chi connectivity index (χ1v) is 13.2. The minimum atomic E-state index is -0.915. The Labute approximate surface area is 214 Å². The van der Waals surface area contributed by atoms with Gasteiger partial charge in [0.2, 0.25) is 6.41 Å². The number of hydrogen-bond acceptors (Lipinski definition) is 5. The molecule has 0 aliphatic heterocycles. The van der Waals surface area contributed by atoms with Crippen molar-refractivity contribution in [2.24, 2.45) is 5.92 Å². The molecular formula is C28H41N3O5. The molecule has 0 saturated heterocycles. The van der Waals surface area contributed by atoms with E-state index in [1.807, 2.05) is 28.9 Å². The highest BCUT2D eigenvalue weighted by Crippen LogP contribution is 2.41. The summed E-state index contributed by atoms with van der Waals surface area (Å²) in [5, 5.41) is 14.5. The standard InChI is InChI=1S/C28H41N3O5/c1-5-21(6-2)31-23(28-24(35-3)13-10-14-25(28)36-4)18-26(29-31)30(19-32)22(17-27(33)34)16-15-20-11-8-7-9-12-20/h10,13-14,18-22H,5-9,11-12,15-17H2,1-4H3,(H,33,34)/t22-/m0/s1. The molecule has 1 amide bonds. The minimum Gasteiger partial charge on any atom is -0.496 e. The number of aliphatic carboxylic acids is 1. The second kappa shape index (κ2) is 13.3. The second-order valence-electron chi connectivity index (χ2n) is 9.69. The van der Waals surface area contributed by atoms with Crippen molar-refractivity contribution < 1.29 is 24.2 Å². The molecule has 2 aromatic rings. The number of amides is 1. The Hall–Kier alpha value is -3.03. The average molecular weight is 500 g/mol. The van der Waals surface area contributed by atoms with Crippen molar-refractivity contribution in [3.63, 3.8) is 0 Å². The fourth-order valence-corrected chi connectivity index (χ4v) is 5.48. The van der Waals surface area contributed by atoms with Crippen molar-refractivity contribution in [2.45, 2.75) is 90.1 Å². The molecule has 1 aromatic carbocycles. The third-order valence-electron chi connectivity index (χ3n) is 7.51. The lowest BCUT2D eigenvalue weighted by molar-refractivity contribution is -0.137. The van der Waals surface area contributed by atoms with Crippen molar-refractivity contribution in [1.82, 2.24) is 9.78 Å². The Kier molecular flexibility index (Phi) is 10.2. The maximum atomic E-state index is 12.4. The monoisotopic (exact) mass is 499 g/mol. The number of carbonyl (C=O) groups is 2. The Morgan fingerprint density at radius 3 is 2.33 bits per heavy atom. The lowest BCUT2D eigenvalue weighted by Gasteiger charge is -2.28. The normalized spacial score (nSPS) is 15.0. The van der Waals surface area contributed by atoms with Gasteiger partial charge in [0.1, 0.15) is 11.5 Å². The van der Waals surface area contributed by atoms with Gasteiger partial charge in [0.25, 0.3) is 0 Å². The van der Waals surface area contributed by atoms with E-state index in [0.717, 1.165) is 36.9 Å². The summed E-state index contributed by atoms with van der Waals surface area (Å²) in [7, 11) is 3.23. The first-order valence-electron chi connectivity index (χ1n) is 13.2. The van der Waals surface area contributed by atoms with E-state index in [-0.39, 0.29) is 12.5 Å². The Morgan fingerprint density at radius 2 is 1.81 bits per heavy atom. The quantitative estimate of drug-likeness (QED) is 0.316. The van der Waals surface area contributed by atoms with Crippen LogP contribution in [-0.2, 0) is 9.59 Å². The Bertz CT molecular complexity index is 973. The van der Waals surface area contributed by atoms with Crippen molar-refractivity contribution in [2.75, 3.05) is 19.1 Å². The van der Waals surface area contributed by atoms with Crippen LogP contribution < -0.4 is 14.4 Å². The summed E-state index contributed by atoms with van der Waals surface area (Å²) in [5.41, 5.74) is 1.54. The summed E-state index contributed by atoms with van der Waals surface area (Å²) >= 11 is 0. The molecule has 1 fully saturated rings. The van der Waals surface area contributed by atoms with Crippen LogP contribution in [0.15, 0.2) is 24.3 Å². The van der Waals surface area contributed by atoms with Gasteiger partial charge in [-0.05, 0) is 43.7 Å². The average Bonchev–Trinajstić information content (AvgIpc) is 3.32. The van der Waals surface area contributed by atoms with E-state index in [0.29, 0.717) is 29.7 Å². The lowest BCUT2D eigenvalue weighted by atomic mass is 9.85. The number of benzene rings is 1. The number of aromatic nitrogens is 2. The van der Waals surface area contributed by atoms with Gasteiger partial charge < -0.3 is 14.6 Å². The van der Waals surface area contributed by atoms with Gasteiger partial charge in [-0.25, -0.2) is 0 Å². The first kappa shape index (κ1) is 27.6. The van der Waals surface area contributed by atoms with E-state index in [2.05, 4.69) is 13.8 Å². The van der Waals surface area contributed by atoms with E-state index in [1.54, 1.807) is 14.2 Å². The minimum absolute atomic E-state index is 0.0945. The number of ether oxygens (including phenoxy) is 2. The summed E-state index contributed by atoms with van der Waals surface area (Å²) in [6, 6.07) is 7.11. The summed E-state index contributed by atoms with van der Waals surface area (Å²) in [4.78, 5) is 25.7. The maximum Gasteiger partial charge on any atom is 0.305 e. The number of nitrogens with zero attached hydrogens (tertiary/aromatic N) is 3. The molecule has 0 spiro atoms. The van der Waals surface area contributed by atoms with Crippen LogP contribution in [0, 0.1) is 5.92 Å². The topological polar surface area (TPSA) is 93.9 Å². The van der Waals surface area contributed by atoms with Crippen LogP contribution in [0.4, 0.5) is 5.82 Å². The van der Waals surface area contributed by atoms with Gasteiger partial charge in [0, 0.05) is 12.1 Å². The van der Waals surface area contributed by atoms with Crippen molar-refractivity contribution in [3.8, 4) is 22.8 Å². The number of rotatable bonds is 14. The van der Waals surface area contributed by atoms with Crippen LogP contribution in [0.3, 0.4) is 0 Å². The lowest BCUT2D eigenvalue weighted by Crippen LogP contribution is -2.37. The van der Waals surface area contributed by atoms with Gasteiger partial charge in [-0.1, -0.05) is 52.0 Å². The second-order valence-corrected chi connectivity index (χ2v) is 9.69. The Morgan fingerprint density at radius 1 is 1.17 bits per heavy atom. The predicted molar refractivity (Wildman–Crippen MR) is 141 cm³/mol. The molecule has 0 radical (unpaired) electrons. The molecular weight excluding hydrogens is 458 g/mol. The zero-order chi connectivity index (χ0) is 26.1. The van der Waals surface area contributed by atoms with Crippen LogP contribution in [0.25, 0.3) is 11.3 Å². The predicted octanol–water partition coefficient (Wildman–Crippen LogP) is 6.10. The van der Waals surface area contributed by atoms with Crippen LogP contribution in [0.1, 0.15) is 84.1 Å². The molecule has 1 saturated carbocycles. The number of methoxy groups -OCH3 is 2. The molecule has 1 N–H and O–H groups in total. The number of carbonyl (C=O) groups excluding carboxylic acids is 1. The fraction of sp³-hybridized carbons (Fsp3) is 0.607. The SMILES string of the molecule is CCC(CC)n1nc(N(C=O)[C@@H](CCC2CCCCC2)CC(=O)O)cc1-c1c(OC)cccc1OC. The van der Waals surface area contributed by atoms with E-state index < -0.39 is 12.0 Å². The molecule has 3 rings (SSSR count). The zero-order valence-corrected chi connectivity index (χ0v) is 22.1. The van der Waals surface area contributed by atoms with Crippen LogP contribution in [-0.4, -0.2) is 47.5 Å². The molecule has 1 aliphatic carbocycles. The molecule has 198 valence electrons. The largest absolute Gasteiger partial charge is 0.496 e. The molecule has 0 unspecified atom stereocenters. The zero-order valence-electron chi connectivity index (χ0n) is 22.1. The van der Waals surface area contributed by atoms with E-state index in [4.69, 9.17) is 14.6 Å². The van der Waals surface area contributed by atoms with Crippen molar-refractivity contribution in [3.05, 3.63) is 24.3 Å². The Balaban J connectivity index is 2.05. The third kappa shape index (κ3) is 6.39. The van der Waals surface area contributed by atoms with Gasteiger partial charge in [-0.15, -0.1) is 0 Å². The van der Waals surface area contributed by atoms with E-state index >= 15 is 0 Å². The number of carboxylic acids is 1. The highest BCUT2D eigenvalue weighted by Gasteiger charge is 2.29. The van der Waals surface area contributed by atoms with Crippen LogP contribution in [0.2, 0.25) is 0 Å². The highest BCUT2D eigenvalue weighted by molar-refractivity contribution is 5.81.